The molecule has 0 N–H and O–H groups in total. The molecule has 2 aromatic heterocycles. The molecule has 166 valence electrons. The van der Waals surface area contributed by atoms with Gasteiger partial charge in [0.05, 0.1) is 34.4 Å². The SMILES string of the molecule is C=CCOC(=O)CCn1c(=O)c2cc3c(=O)n(CCC(=O)OCC=C)c(=O)c3cc2c1=O. The maximum absolute atomic E-state index is 12.7. The highest BCUT2D eigenvalue weighted by Gasteiger charge is 2.20. The van der Waals surface area contributed by atoms with Gasteiger partial charge in [-0.05, 0) is 12.1 Å². The molecular weight excluding hydrogens is 420 g/mol. The van der Waals surface area contributed by atoms with Crippen molar-refractivity contribution in [3.63, 3.8) is 0 Å². The van der Waals surface area contributed by atoms with Crippen LogP contribution >= 0.6 is 0 Å². The maximum Gasteiger partial charge on any atom is 0.307 e. The van der Waals surface area contributed by atoms with Gasteiger partial charge in [-0.25, -0.2) is 0 Å². The molecule has 0 amide bonds. The van der Waals surface area contributed by atoms with Gasteiger partial charge < -0.3 is 9.47 Å². The van der Waals surface area contributed by atoms with Gasteiger partial charge >= 0.3 is 11.9 Å². The summed E-state index contributed by atoms with van der Waals surface area (Å²) in [6.07, 6.45) is 2.38. The Hall–Kier alpha value is -4.08. The lowest BCUT2D eigenvalue weighted by atomic mass is 10.1. The summed E-state index contributed by atoms with van der Waals surface area (Å²) >= 11 is 0. The van der Waals surface area contributed by atoms with E-state index >= 15 is 0 Å². The first-order valence-corrected chi connectivity index (χ1v) is 9.73. The number of hydrogen-bond donors (Lipinski definition) is 0. The van der Waals surface area contributed by atoms with Crippen molar-refractivity contribution in [1.82, 2.24) is 9.13 Å². The number of fused-ring (bicyclic) bond motifs is 2. The molecule has 0 radical (unpaired) electrons. The summed E-state index contributed by atoms with van der Waals surface area (Å²) < 4.78 is 11.4. The molecule has 1 aromatic carbocycles. The summed E-state index contributed by atoms with van der Waals surface area (Å²) in [4.78, 5) is 74.0. The van der Waals surface area contributed by atoms with Gasteiger partial charge in [0.2, 0.25) is 0 Å². The number of rotatable bonds is 10. The molecule has 0 aliphatic rings. The quantitative estimate of drug-likeness (QED) is 0.322. The van der Waals surface area contributed by atoms with E-state index in [0.29, 0.717) is 0 Å². The standard InChI is InChI=1S/C22H20N2O8/c1-3-9-31-17(25)5-7-23-19(27)13-11-15-16(12-14(13)20(23)28)22(30)24(21(15)29)8-6-18(26)32-10-4-2/h3-4,11-12H,1-2,5-10H2. The molecule has 0 saturated heterocycles. The first-order valence-electron chi connectivity index (χ1n) is 9.73. The Morgan fingerprint density at radius 1 is 0.688 bits per heavy atom. The summed E-state index contributed by atoms with van der Waals surface area (Å²) in [5.41, 5.74) is -2.68. The van der Waals surface area contributed by atoms with Crippen molar-refractivity contribution in [2.75, 3.05) is 13.2 Å². The molecule has 0 saturated carbocycles. The number of aromatic nitrogens is 2. The van der Waals surface area contributed by atoms with E-state index in [-0.39, 0.29) is 60.7 Å². The Labute approximate surface area is 180 Å². The second-order valence-corrected chi connectivity index (χ2v) is 6.91. The zero-order chi connectivity index (χ0) is 23.4. The van der Waals surface area contributed by atoms with Crippen LogP contribution in [0.2, 0.25) is 0 Å². The number of hydrogen-bond acceptors (Lipinski definition) is 8. The van der Waals surface area contributed by atoms with Gasteiger partial charge in [0.1, 0.15) is 13.2 Å². The normalized spacial score (nSPS) is 11.0. The van der Waals surface area contributed by atoms with Crippen LogP contribution in [0.4, 0.5) is 0 Å². The Kier molecular flexibility index (Phi) is 6.62. The number of benzene rings is 1. The molecule has 2 heterocycles. The van der Waals surface area contributed by atoms with Crippen LogP contribution in [0.5, 0.6) is 0 Å². The van der Waals surface area contributed by atoms with Crippen LogP contribution in [0.25, 0.3) is 21.5 Å². The molecule has 10 heteroatoms. The molecule has 0 atom stereocenters. The zero-order valence-corrected chi connectivity index (χ0v) is 17.1. The molecular formula is C22H20N2O8. The smallest absolute Gasteiger partial charge is 0.307 e. The van der Waals surface area contributed by atoms with Crippen LogP contribution in [-0.4, -0.2) is 34.3 Å². The fourth-order valence-corrected chi connectivity index (χ4v) is 3.33. The highest BCUT2D eigenvalue weighted by atomic mass is 16.5. The number of esters is 2. The van der Waals surface area contributed by atoms with E-state index < -0.39 is 34.2 Å². The predicted molar refractivity (Wildman–Crippen MR) is 116 cm³/mol. The van der Waals surface area contributed by atoms with Gasteiger partial charge in [0.25, 0.3) is 22.2 Å². The summed E-state index contributed by atoms with van der Waals surface area (Å²) in [6.45, 7) is 6.47. The Bertz CT molecular complexity index is 1250. The van der Waals surface area contributed by atoms with Crippen molar-refractivity contribution in [1.29, 1.82) is 0 Å². The monoisotopic (exact) mass is 440 g/mol. The minimum absolute atomic E-state index is 0.0143. The van der Waals surface area contributed by atoms with Crippen molar-refractivity contribution in [2.24, 2.45) is 0 Å². The van der Waals surface area contributed by atoms with E-state index in [9.17, 15) is 28.8 Å². The number of ether oxygens (including phenoxy) is 2. The number of nitrogens with zero attached hydrogens (tertiary/aromatic N) is 2. The molecule has 0 unspecified atom stereocenters. The molecule has 0 fully saturated rings. The van der Waals surface area contributed by atoms with Gasteiger partial charge in [-0.2, -0.15) is 0 Å². The minimum Gasteiger partial charge on any atom is -0.461 e. The second-order valence-electron chi connectivity index (χ2n) is 6.91. The summed E-state index contributed by atoms with van der Waals surface area (Å²) in [6, 6.07) is 2.41. The third-order valence-corrected chi connectivity index (χ3v) is 4.86. The Morgan fingerprint density at radius 3 is 1.28 bits per heavy atom. The minimum atomic E-state index is -0.670. The highest BCUT2D eigenvalue weighted by molar-refractivity contribution is 5.97. The first kappa shape index (κ1) is 22.6. The lowest BCUT2D eigenvalue weighted by molar-refractivity contribution is -0.143. The Morgan fingerprint density at radius 2 is 1.00 bits per heavy atom. The molecule has 0 aliphatic heterocycles. The summed E-state index contributed by atoms with van der Waals surface area (Å²) in [5, 5.41) is -0.105. The number of carbonyl (C=O) groups excluding carboxylic acids is 2. The lowest BCUT2D eigenvalue weighted by Gasteiger charge is -2.01. The van der Waals surface area contributed by atoms with E-state index in [1.54, 1.807) is 0 Å². The zero-order valence-electron chi connectivity index (χ0n) is 17.1. The molecule has 3 aromatic rings. The van der Waals surface area contributed by atoms with E-state index in [1.165, 1.54) is 24.3 Å². The largest absolute Gasteiger partial charge is 0.461 e. The topological polar surface area (TPSA) is 131 Å². The van der Waals surface area contributed by atoms with E-state index in [2.05, 4.69) is 13.2 Å². The molecule has 0 spiro atoms. The average Bonchev–Trinajstić information content (AvgIpc) is 3.16. The fourth-order valence-electron chi connectivity index (χ4n) is 3.33. The van der Waals surface area contributed by atoms with Crippen LogP contribution < -0.4 is 22.2 Å². The highest BCUT2D eigenvalue weighted by Crippen LogP contribution is 2.14. The van der Waals surface area contributed by atoms with Crippen molar-refractivity contribution in [3.05, 3.63) is 78.9 Å². The first-order chi connectivity index (χ1) is 15.3. The van der Waals surface area contributed by atoms with Gasteiger partial charge in [-0.3, -0.25) is 37.9 Å². The molecule has 3 rings (SSSR count). The van der Waals surface area contributed by atoms with Gasteiger partial charge in [-0.15, -0.1) is 0 Å². The van der Waals surface area contributed by atoms with E-state index in [0.717, 1.165) is 9.13 Å². The van der Waals surface area contributed by atoms with Crippen molar-refractivity contribution in [2.45, 2.75) is 25.9 Å². The van der Waals surface area contributed by atoms with Gasteiger partial charge in [0, 0.05) is 13.1 Å². The van der Waals surface area contributed by atoms with E-state index in [1.807, 2.05) is 0 Å². The predicted octanol–water partition coefficient (Wildman–Crippen LogP) is 0.151. The number of carbonyl (C=O) groups is 2. The van der Waals surface area contributed by atoms with Crippen LogP contribution in [0.3, 0.4) is 0 Å². The third kappa shape index (κ3) is 4.20. The lowest BCUT2D eigenvalue weighted by Crippen LogP contribution is -2.27. The van der Waals surface area contributed by atoms with Crippen LogP contribution in [0, 0.1) is 0 Å². The second kappa shape index (κ2) is 9.38. The van der Waals surface area contributed by atoms with E-state index in [4.69, 9.17) is 9.47 Å². The summed E-state index contributed by atoms with van der Waals surface area (Å²) in [7, 11) is 0. The van der Waals surface area contributed by atoms with Crippen LogP contribution in [0.15, 0.2) is 56.6 Å². The molecule has 0 aliphatic carbocycles. The fraction of sp³-hybridized carbons (Fsp3) is 0.273. The van der Waals surface area contributed by atoms with Gasteiger partial charge in [0.15, 0.2) is 0 Å². The van der Waals surface area contributed by atoms with Crippen molar-refractivity contribution >= 4 is 33.5 Å². The average molecular weight is 440 g/mol. The van der Waals surface area contributed by atoms with Crippen molar-refractivity contribution in [3.8, 4) is 0 Å². The summed E-state index contributed by atoms with van der Waals surface area (Å²) in [5.74, 6) is -1.20. The molecule has 10 nitrogen and oxygen atoms in total. The van der Waals surface area contributed by atoms with Crippen LogP contribution in [-0.2, 0) is 32.2 Å². The molecule has 32 heavy (non-hydrogen) atoms. The Balaban J connectivity index is 1.96. The third-order valence-electron chi connectivity index (χ3n) is 4.86. The van der Waals surface area contributed by atoms with Gasteiger partial charge in [-0.1, -0.05) is 25.3 Å². The van der Waals surface area contributed by atoms with Crippen molar-refractivity contribution < 1.29 is 19.1 Å². The van der Waals surface area contributed by atoms with Crippen LogP contribution in [0.1, 0.15) is 12.8 Å². The molecule has 0 bridgehead atoms. The maximum atomic E-state index is 12.7.